The highest BCUT2D eigenvalue weighted by atomic mass is 16.7. The molecular weight excluding hydrogens is 236 g/mol. The molecule has 0 atom stereocenters. The van der Waals surface area contributed by atoms with E-state index >= 15 is 0 Å². The number of rotatable bonds is 6. The van der Waals surface area contributed by atoms with E-state index in [9.17, 15) is 9.59 Å². The average Bonchev–Trinajstić information content (AvgIpc) is 2.78. The number of aliphatic carboxylic acids is 1. The number of nitrogens with zero attached hydrogens (tertiary/aromatic N) is 1. The first-order valence-corrected chi connectivity index (χ1v) is 6.41. The van der Waals surface area contributed by atoms with Gasteiger partial charge in [0.25, 0.3) is 0 Å². The first-order valence-electron chi connectivity index (χ1n) is 6.41. The second-order valence-corrected chi connectivity index (χ2v) is 5.07. The van der Waals surface area contributed by atoms with Gasteiger partial charge in [-0.2, -0.15) is 0 Å². The summed E-state index contributed by atoms with van der Waals surface area (Å²) in [6.45, 7) is 4.24. The van der Waals surface area contributed by atoms with Crippen LogP contribution >= 0.6 is 0 Å². The van der Waals surface area contributed by atoms with Crippen LogP contribution in [0.2, 0.25) is 0 Å². The van der Waals surface area contributed by atoms with E-state index < -0.39 is 12.6 Å². The van der Waals surface area contributed by atoms with Crippen molar-refractivity contribution < 1.29 is 19.5 Å². The Balaban J connectivity index is 2.47. The highest BCUT2D eigenvalue weighted by Crippen LogP contribution is 2.24. The zero-order chi connectivity index (χ0) is 13.5. The number of hydroxylamine groups is 1. The van der Waals surface area contributed by atoms with Gasteiger partial charge in [-0.05, 0) is 18.8 Å². The van der Waals surface area contributed by atoms with Crippen molar-refractivity contribution in [2.24, 2.45) is 5.92 Å². The maximum atomic E-state index is 11.9. The van der Waals surface area contributed by atoms with Crippen LogP contribution in [-0.2, 0) is 9.63 Å². The van der Waals surface area contributed by atoms with Crippen LogP contribution in [0.15, 0.2) is 0 Å². The Labute approximate surface area is 107 Å². The molecule has 2 amide bonds. The van der Waals surface area contributed by atoms with Gasteiger partial charge in [0.05, 0.1) is 0 Å². The highest BCUT2D eigenvalue weighted by molar-refractivity contribution is 5.74. The Bertz CT molecular complexity index is 288. The van der Waals surface area contributed by atoms with Gasteiger partial charge in [-0.1, -0.05) is 26.7 Å². The van der Waals surface area contributed by atoms with E-state index in [0.29, 0.717) is 12.5 Å². The van der Waals surface area contributed by atoms with Gasteiger partial charge in [0, 0.05) is 12.6 Å². The van der Waals surface area contributed by atoms with Gasteiger partial charge in [0.2, 0.25) is 0 Å². The zero-order valence-corrected chi connectivity index (χ0v) is 11.0. The summed E-state index contributed by atoms with van der Waals surface area (Å²) in [5, 5.41) is 8.43. The van der Waals surface area contributed by atoms with Crippen LogP contribution in [-0.4, -0.2) is 41.2 Å². The molecule has 0 spiro atoms. The van der Waals surface area contributed by atoms with Crippen molar-refractivity contribution >= 4 is 12.0 Å². The molecule has 1 saturated carbocycles. The third-order valence-electron chi connectivity index (χ3n) is 2.94. The van der Waals surface area contributed by atoms with Gasteiger partial charge >= 0.3 is 12.0 Å². The molecular formula is C12H22N2O4. The topological polar surface area (TPSA) is 78.9 Å². The number of hydrogen-bond acceptors (Lipinski definition) is 3. The van der Waals surface area contributed by atoms with Crippen molar-refractivity contribution in [3.8, 4) is 0 Å². The van der Waals surface area contributed by atoms with Crippen LogP contribution in [0.3, 0.4) is 0 Å². The molecule has 104 valence electrons. The third-order valence-corrected chi connectivity index (χ3v) is 2.94. The summed E-state index contributed by atoms with van der Waals surface area (Å²) in [6.07, 6.45) is 4.31. The zero-order valence-electron chi connectivity index (χ0n) is 11.0. The molecule has 18 heavy (non-hydrogen) atoms. The number of carboxylic acid groups (broad SMARTS) is 1. The SMILES string of the molecule is CC(C)CN(C(=O)NOCC(=O)O)C1CCCC1. The van der Waals surface area contributed by atoms with Gasteiger partial charge < -0.3 is 10.0 Å². The lowest BCUT2D eigenvalue weighted by atomic mass is 10.1. The Morgan fingerprint density at radius 2 is 2.00 bits per heavy atom. The molecule has 1 aliphatic rings. The summed E-state index contributed by atoms with van der Waals surface area (Å²) in [4.78, 5) is 28.6. The molecule has 1 aliphatic carbocycles. The minimum Gasteiger partial charge on any atom is -0.479 e. The van der Waals surface area contributed by atoms with Crippen molar-refractivity contribution in [1.29, 1.82) is 0 Å². The Morgan fingerprint density at radius 3 is 2.50 bits per heavy atom. The van der Waals surface area contributed by atoms with Crippen LogP contribution in [0.4, 0.5) is 4.79 Å². The van der Waals surface area contributed by atoms with Gasteiger partial charge in [0.1, 0.15) is 0 Å². The largest absolute Gasteiger partial charge is 0.479 e. The van der Waals surface area contributed by atoms with E-state index in [1.807, 2.05) is 13.8 Å². The number of amides is 2. The quantitative estimate of drug-likeness (QED) is 0.709. The maximum Gasteiger partial charge on any atom is 0.341 e. The lowest BCUT2D eigenvalue weighted by Gasteiger charge is -2.30. The van der Waals surface area contributed by atoms with Gasteiger partial charge in [-0.3, -0.25) is 4.84 Å². The van der Waals surface area contributed by atoms with Crippen LogP contribution < -0.4 is 5.48 Å². The van der Waals surface area contributed by atoms with Crippen molar-refractivity contribution in [2.75, 3.05) is 13.2 Å². The van der Waals surface area contributed by atoms with Crippen LogP contribution in [0, 0.1) is 5.92 Å². The predicted molar refractivity (Wildman–Crippen MR) is 65.9 cm³/mol. The van der Waals surface area contributed by atoms with E-state index in [2.05, 4.69) is 10.3 Å². The molecule has 6 nitrogen and oxygen atoms in total. The van der Waals surface area contributed by atoms with Crippen LogP contribution in [0.25, 0.3) is 0 Å². The summed E-state index contributed by atoms with van der Waals surface area (Å²) in [6, 6.07) is -0.0855. The van der Waals surface area contributed by atoms with Gasteiger partial charge in [-0.15, -0.1) is 0 Å². The first kappa shape index (κ1) is 14.8. The molecule has 0 aromatic rings. The smallest absolute Gasteiger partial charge is 0.341 e. The average molecular weight is 258 g/mol. The van der Waals surface area contributed by atoms with Crippen LogP contribution in [0.5, 0.6) is 0 Å². The van der Waals surface area contributed by atoms with Crippen molar-refractivity contribution in [3.05, 3.63) is 0 Å². The maximum absolute atomic E-state index is 11.9. The third kappa shape index (κ3) is 4.91. The fourth-order valence-electron chi connectivity index (χ4n) is 2.23. The molecule has 6 heteroatoms. The minimum atomic E-state index is -1.11. The number of carbonyl (C=O) groups is 2. The molecule has 0 bridgehead atoms. The van der Waals surface area contributed by atoms with E-state index in [4.69, 9.17) is 5.11 Å². The predicted octanol–water partition coefficient (Wildman–Crippen LogP) is 1.61. The van der Waals surface area contributed by atoms with E-state index in [0.717, 1.165) is 25.7 Å². The van der Waals surface area contributed by atoms with Gasteiger partial charge in [0.15, 0.2) is 6.61 Å². The summed E-state index contributed by atoms with van der Waals surface area (Å²) in [7, 11) is 0. The van der Waals surface area contributed by atoms with E-state index in [1.54, 1.807) is 4.90 Å². The van der Waals surface area contributed by atoms with Crippen molar-refractivity contribution in [3.63, 3.8) is 0 Å². The lowest BCUT2D eigenvalue weighted by Crippen LogP contribution is -2.47. The Kier molecular flexibility index (Phi) is 5.91. The highest BCUT2D eigenvalue weighted by Gasteiger charge is 2.27. The molecule has 0 unspecified atom stereocenters. The van der Waals surface area contributed by atoms with E-state index in [-0.39, 0.29) is 12.1 Å². The second-order valence-electron chi connectivity index (χ2n) is 5.07. The number of urea groups is 1. The monoisotopic (exact) mass is 258 g/mol. The number of carbonyl (C=O) groups excluding carboxylic acids is 1. The molecule has 2 N–H and O–H groups in total. The lowest BCUT2D eigenvalue weighted by molar-refractivity contribution is -0.144. The number of hydrogen-bond donors (Lipinski definition) is 2. The summed E-state index contributed by atoms with van der Waals surface area (Å²) in [5.74, 6) is -0.734. The van der Waals surface area contributed by atoms with E-state index in [1.165, 1.54) is 0 Å². The number of nitrogens with one attached hydrogen (secondary N) is 1. The summed E-state index contributed by atoms with van der Waals surface area (Å²) < 4.78 is 0. The van der Waals surface area contributed by atoms with Crippen molar-refractivity contribution in [2.45, 2.75) is 45.6 Å². The normalized spacial score (nSPS) is 15.9. The molecule has 0 aromatic heterocycles. The summed E-state index contributed by atoms with van der Waals surface area (Å²) >= 11 is 0. The standard InChI is InChI=1S/C12H22N2O4/c1-9(2)7-14(10-5-3-4-6-10)12(17)13-18-8-11(15)16/h9-10H,3-8H2,1-2H3,(H,13,17)(H,15,16). The number of carboxylic acids is 1. The molecule has 0 heterocycles. The molecule has 0 aliphatic heterocycles. The summed E-state index contributed by atoms with van der Waals surface area (Å²) in [5.41, 5.74) is 2.20. The van der Waals surface area contributed by atoms with Crippen molar-refractivity contribution in [1.82, 2.24) is 10.4 Å². The molecule has 0 aromatic carbocycles. The van der Waals surface area contributed by atoms with Crippen LogP contribution in [0.1, 0.15) is 39.5 Å². The molecule has 0 radical (unpaired) electrons. The second kappa shape index (κ2) is 7.20. The fourth-order valence-corrected chi connectivity index (χ4v) is 2.23. The fraction of sp³-hybridized carbons (Fsp3) is 0.833. The Morgan fingerprint density at radius 1 is 1.39 bits per heavy atom. The Hall–Kier alpha value is -1.30. The molecule has 1 rings (SSSR count). The molecule has 0 saturated heterocycles. The van der Waals surface area contributed by atoms with Gasteiger partial charge in [-0.25, -0.2) is 15.1 Å². The molecule has 1 fully saturated rings. The first-order chi connectivity index (χ1) is 8.50. The minimum absolute atomic E-state index is 0.251.